The number of rotatable bonds is 10. The number of aliphatic hydroxyl groups is 4. The molecule has 0 aromatic rings. The fourth-order valence-electron chi connectivity index (χ4n) is 3.12. The van der Waals surface area contributed by atoms with Crippen LogP contribution in [0.2, 0.25) is 0 Å². The van der Waals surface area contributed by atoms with E-state index >= 15 is 0 Å². The van der Waals surface area contributed by atoms with Gasteiger partial charge in [0.25, 0.3) is 0 Å². The van der Waals surface area contributed by atoms with E-state index in [2.05, 4.69) is 15.4 Å². The summed E-state index contributed by atoms with van der Waals surface area (Å²) in [5.74, 6) is -1.24. The Labute approximate surface area is 163 Å². The molecule has 1 heterocycles. The first-order valence-corrected chi connectivity index (χ1v) is 9.10. The van der Waals surface area contributed by atoms with Gasteiger partial charge < -0.3 is 40.5 Å². The number of aliphatic hydroxyl groups excluding tert-OH is 4. The van der Waals surface area contributed by atoms with E-state index in [1.54, 1.807) is 0 Å². The van der Waals surface area contributed by atoms with Crippen LogP contribution in [-0.4, -0.2) is 88.6 Å². The zero-order valence-electron chi connectivity index (χ0n) is 16.1. The van der Waals surface area contributed by atoms with Crippen LogP contribution in [0.3, 0.4) is 0 Å². The van der Waals surface area contributed by atoms with E-state index in [4.69, 9.17) is 4.74 Å². The highest BCUT2D eigenvalue weighted by molar-refractivity contribution is 5.76. The minimum Gasteiger partial charge on any atom is -0.469 e. The molecule has 5 atom stereocenters. The van der Waals surface area contributed by atoms with Crippen LogP contribution in [0.1, 0.15) is 39.0 Å². The van der Waals surface area contributed by atoms with Crippen molar-refractivity contribution in [1.82, 2.24) is 10.6 Å². The van der Waals surface area contributed by atoms with Gasteiger partial charge in [0.15, 0.2) is 6.29 Å². The van der Waals surface area contributed by atoms with Crippen molar-refractivity contribution in [3.05, 3.63) is 0 Å². The minimum absolute atomic E-state index is 0.0237. The first kappa shape index (κ1) is 24.2. The molecule has 0 bridgehead atoms. The van der Waals surface area contributed by atoms with Gasteiger partial charge in [0.2, 0.25) is 11.8 Å². The van der Waals surface area contributed by atoms with E-state index in [-0.39, 0.29) is 37.7 Å². The molecule has 162 valence electrons. The zero-order valence-corrected chi connectivity index (χ0v) is 16.1. The maximum Gasteiger partial charge on any atom is 0.305 e. The summed E-state index contributed by atoms with van der Waals surface area (Å²) in [7, 11) is 1.29. The van der Waals surface area contributed by atoms with Gasteiger partial charge in [0, 0.05) is 26.3 Å². The van der Waals surface area contributed by atoms with E-state index in [0.717, 1.165) is 0 Å². The molecule has 1 saturated heterocycles. The van der Waals surface area contributed by atoms with E-state index < -0.39 is 42.7 Å². The van der Waals surface area contributed by atoms with Crippen molar-refractivity contribution in [3.63, 3.8) is 0 Å². The van der Waals surface area contributed by atoms with E-state index in [1.165, 1.54) is 14.0 Å². The second-order valence-electron chi connectivity index (χ2n) is 6.75. The number of esters is 1. The van der Waals surface area contributed by atoms with Gasteiger partial charge in [-0.1, -0.05) is 0 Å². The third kappa shape index (κ3) is 6.38. The maximum absolute atomic E-state index is 11.9. The van der Waals surface area contributed by atoms with Gasteiger partial charge in [0.1, 0.15) is 23.9 Å². The molecule has 1 aliphatic rings. The average molecular weight is 406 g/mol. The van der Waals surface area contributed by atoms with Crippen molar-refractivity contribution in [2.75, 3.05) is 20.3 Å². The van der Waals surface area contributed by atoms with Crippen LogP contribution in [0, 0.1) is 0 Å². The highest BCUT2D eigenvalue weighted by Crippen LogP contribution is 2.31. The summed E-state index contributed by atoms with van der Waals surface area (Å²) in [6, 6.07) is 0. The predicted octanol–water partition coefficient (Wildman–Crippen LogP) is -2.47. The second-order valence-corrected chi connectivity index (χ2v) is 6.75. The van der Waals surface area contributed by atoms with Crippen LogP contribution in [0.5, 0.6) is 0 Å². The topological polar surface area (TPSA) is 175 Å². The van der Waals surface area contributed by atoms with Crippen molar-refractivity contribution in [2.24, 2.45) is 0 Å². The summed E-state index contributed by atoms with van der Waals surface area (Å²) in [6.45, 7) is 0.517. The second kappa shape index (κ2) is 11.3. The monoisotopic (exact) mass is 406 g/mol. The quantitative estimate of drug-likeness (QED) is 0.170. The number of unbranched alkanes of at least 4 members (excludes halogenated alkanes) is 1. The Morgan fingerprint density at radius 1 is 1.14 bits per heavy atom. The Kier molecular flexibility index (Phi) is 9.76. The first-order chi connectivity index (χ1) is 13.2. The van der Waals surface area contributed by atoms with Gasteiger partial charge in [-0.05, 0) is 19.3 Å². The standard InChI is InChI=1S/C17H30N2O9/c1-10(21)19-17(15(25)14(24)11(9-20)28-16(17)26)7-8-18-12(22)5-3-4-6-13(23)27-2/h11,14-16,20,24-26H,3-9H2,1-2H3,(H,18,22)(H,19,21)/t11-,14+,15+,16+,17-/m1/s1. The smallest absolute Gasteiger partial charge is 0.305 e. The molecule has 0 unspecified atom stereocenters. The molecule has 11 heteroatoms. The van der Waals surface area contributed by atoms with Crippen molar-refractivity contribution in [3.8, 4) is 0 Å². The Hall–Kier alpha value is -1.79. The molecule has 28 heavy (non-hydrogen) atoms. The lowest BCUT2D eigenvalue weighted by atomic mass is 9.80. The Bertz CT molecular complexity index is 545. The van der Waals surface area contributed by atoms with Gasteiger partial charge in [-0.3, -0.25) is 14.4 Å². The number of carbonyl (C=O) groups is 3. The van der Waals surface area contributed by atoms with Gasteiger partial charge in [-0.25, -0.2) is 0 Å². The van der Waals surface area contributed by atoms with Crippen molar-refractivity contribution < 1.29 is 44.3 Å². The summed E-state index contributed by atoms with van der Waals surface area (Å²) in [5.41, 5.74) is -1.75. The minimum atomic E-state index is -1.75. The summed E-state index contributed by atoms with van der Waals surface area (Å²) in [6.07, 6.45) is -4.86. The van der Waals surface area contributed by atoms with Crippen LogP contribution in [0.25, 0.3) is 0 Å². The molecule has 1 aliphatic heterocycles. The Morgan fingerprint density at radius 3 is 2.36 bits per heavy atom. The lowest BCUT2D eigenvalue weighted by molar-refractivity contribution is -0.284. The van der Waals surface area contributed by atoms with Gasteiger partial charge in [-0.2, -0.15) is 0 Å². The SMILES string of the molecule is COC(=O)CCCCC(=O)NCC[C@]1(NC(C)=O)[C@@H](O)O[C@H](CO)[C@H](O)[C@@H]1O. The number of hydrogen-bond donors (Lipinski definition) is 6. The van der Waals surface area contributed by atoms with Crippen LogP contribution in [0.4, 0.5) is 0 Å². The van der Waals surface area contributed by atoms with E-state index in [1.807, 2.05) is 0 Å². The molecule has 11 nitrogen and oxygen atoms in total. The van der Waals surface area contributed by atoms with E-state index in [0.29, 0.717) is 12.8 Å². The van der Waals surface area contributed by atoms with Crippen molar-refractivity contribution in [2.45, 2.75) is 69.2 Å². The highest BCUT2D eigenvalue weighted by Gasteiger charge is 2.55. The highest BCUT2D eigenvalue weighted by atomic mass is 16.6. The first-order valence-electron chi connectivity index (χ1n) is 9.10. The maximum atomic E-state index is 11.9. The summed E-state index contributed by atoms with van der Waals surface area (Å²) in [5, 5.41) is 45.0. The summed E-state index contributed by atoms with van der Waals surface area (Å²) in [4.78, 5) is 34.5. The molecule has 6 N–H and O–H groups in total. The van der Waals surface area contributed by atoms with Crippen molar-refractivity contribution >= 4 is 17.8 Å². The van der Waals surface area contributed by atoms with Gasteiger partial charge in [0.05, 0.1) is 13.7 Å². The number of nitrogens with one attached hydrogen (secondary N) is 2. The molecule has 0 spiro atoms. The number of carbonyl (C=O) groups excluding carboxylic acids is 3. The van der Waals surface area contributed by atoms with Crippen LogP contribution in [-0.2, 0) is 23.9 Å². The Morgan fingerprint density at radius 2 is 1.79 bits per heavy atom. The molecular weight excluding hydrogens is 376 g/mol. The van der Waals surface area contributed by atoms with Crippen LogP contribution in [0.15, 0.2) is 0 Å². The number of hydrogen-bond acceptors (Lipinski definition) is 9. The molecule has 0 saturated carbocycles. The number of ether oxygens (including phenoxy) is 2. The molecule has 1 rings (SSSR count). The molecule has 2 amide bonds. The normalized spacial score (nSPS) is 29.8. The van der Waals surface area contributed by atoms with E-state index in [9.17, 15) is 34.8 Å². The fourth-order valence-corrected chi connectivity index (χ4v) is 3.12. The molecule has 0 radical (unpaired) electrons. The van der Waals surface area contributed by atoms with Gasteiger partial charge >= 0.3 is 5.97 Å². The van der Waals surface area contributed by atoms with Gasteiger partial charge in [-0.15, -0.1) is 0 Å². The average Bonchev–Trinajstić information content (AvgIpc) is 2.65. The lowest BCUT2D eigenvalue weighted by Crippen LogP contribution is -2.73. The lowest BCUT2D eigenvalue weighted by Gasteiger charge is -2.49. The number of amides is 2. The molecular formula is C17H30N2O9. The molecule has 0 aliphatic carbocycles. The third-order valence-corrected chi connectivity index (χ3v) is 4.69. The Balaban J connectivity index is 2.61. The van der Waals surface area contributed by atoms with Crippen molar-refractivity contribution in [1.29, 1.82) is 0 Å². The fraction of sp³-hybridized carbons (Fsp3) is 0.824. The molecule has 0 aromatic heterocycles. The largest absolute Gasteiger partial charge is 0.469 e. The third-order valence-electron chi connectivity index (χ3n) is 4.69. The van der Waals surface area contributed by atoms with Crippen LogP contribution >= 0.6 is 0 Å². The zero-order chi connectivity index (χ0) is 21.3. The van der Waals surface area contributed by atoms with Crippen LogP contribution < -0.4 is 10.6 Å². The molecule has 1 fully saturated rings. The number of methoxy groups -OCH3 is 1. The summed E-state index contributed by atoms with van der Waals surface area (Å²) >= 11 is 0. The predicted molar refractivity (Wildman–Crippen MR) is 94.6 cm³/mol. The molecule has 0 aromatic carbocycles. The summed E-state index contributed by atoms with van der Waals surface area (Å²) < 4.78 is 9.64.